The molecule has 0 aliphatic heterocycles. The highest BCUT2D eigenvalue weighted by Crippen LogP contribution is 2.34. The van der Waals surface area contributed by atoms with Crippen LogP contribution in [0.1, 0.15) is 11.1 Å². The Hall–Kier alpha value is -5.07. The number of hydrogen-bond acceptors (Lipinski definition) is 5. The highest BCUT2D eigenvalue weighted by atomic mass is 19.4. The number of aromatic nitrogens is 5. The summed E-state index contributed by atoms with van der Waals surface area (Å²) in [5.74, 6) is 1.43. The Morgan fingerprint density at radius 1 is 0.780 bits per heavy atom. The molecule has 0 atom stereocenters. The summed E-state index contributed by atoms with van der Waals surface area (Å²) in [6, 6.07) is 16.4. The van der Waals surface area contributed by atoms with E-state index >= 15 is 0 Å². The summed E-state index contributed by atoms with van der Waals surface area (Å²) in [6.07, 6.45) is -7.46. The second kappa shape index (κ2) is 9.54. The zero-order valence-corrected chi connectivity index (χ0v) is 21.0. The number of aryl methyl sites for hydroxylation is 1. The average Bonchev–Trinajstić information content (AvgIpc) is 3.48. The Labute approximate surface area is 227 Å². The van der Waals surface area contributed by atoms with Gasteiger partial charge in [0.05, 0.1) is 33.2 Å². The predicted octanol–water partition coefficient (Wildman–Crippen LogP) is 8.09. The molecule has 0 aliphatic rings. The topological polar surface area (TPSA) is 80.7 Å². The number of alkyl halides is 6. The van der Waals surface area contributed by atoms with Gasteiger partial charge >= 0.3 is 12.4 Å². The maximum atomic E-state index is 13.1. The molecule has 208 valence electrons. The summed E-state index contributed by atoms with van der Waals surface area (Å²) in [6.45, 7) is 0. The van der Waals surface area contributed by atoms with Gasteiger partial charge in [-0.3, -0.25) is 4.98 Å². The number of fused-ring (bicyclic) bond motifs is 2. The van der Waals surface area contributed by atoms with Gasteiger partial charge in [-0.05, 0) is 54.6 Å². The molecule has 6 rings (SSSR count). The van der Waals surface area contributed by atoms with Crippen molar-refractivity contribution in [3.05, 3.63) is 90.1 Å². The number of hydrogen-bond donors (Lipinski definition) is 2. The lowest BCUT2D eigenvalue weighted by atomic mass is 10.2. The molecule has 3 heterocycles. The zero-order valence-electron chi connectivity index (χ0n) is 21.0. The molecule has 0 saturated carbocycles. The Kier molecular flexibility index (Phi) is 6.09. The molecular formula is C28H18F6N6O. The van der Waals surface area contributed by atoms with Gasteiger partial charge in [0.1, 0.15) is 17.2 Å². The number of rotatable bonds is 5. The average molecular weight is 568 g/mol. The highest BCUT2D eigenvalue weighted by molar-refractivity contribution is 5.82. The lowest BCUT2D eigenvalue weighted by Gasteiger charge is -2.10. The van der Waals surface area contributed by atoms with Crippen LogP contribution in [0.5, 0.6) is 11.5 Å². The smallest absolute Gasteiger partial charge is 0.416 e. The first-order chi connectivity index (χ1) is 19.4. The minimum Gasteiger partial charge on any atom is -0.457 e. The van der Waals surface area contributed by atoms with Crippen LogP contribution in [0.15, 0.2) is 79.0 Å². The standard InChI is InChI=1S/C28H18F6N6O/c1-40-24-8-6-18(13-22(24)39-26(40)36-17-4-2-3-15(11-17)27(29,30)31)41-19-9-10-35-23(14-19)25-37-20-7-5-16(28(32,33)34)12-21(20)38-25/h2-14H,1H3,(H,36,39)(H,37,38). The maximum Gasteiger partial charge on any atom is 0.416 e. The van der Waals surface area contributed by atoms with E-state index in [2.05, 4.69) is 25.3 Å². The molecule has 3 aromatic carbocycles. The van der Waals surface area contributed by atoms with Gasteiger partial charge < -0.3 is 19.6 Å². The first kappa shape index (κ1) is 26.2. The second-order valence-electron chi connectivity index (χ2n) is 9.14. The Morgan fingerprint density at radius 3 is 2.32 bits per heavy atom. The minimum absolute atomic E-state index is 0.220. The van der Waals surface area contributed by atoms with Crippen LogP contribution in [0, 0.1) is 0 Å². The van der Waals surface area contributed by atoms with Crippen molar-refractivity contribution in [2.75, 3.05) is 5.32 Å². The van der Waals surface area contributed by atoms with E-state index in [1.54, 1.807) is 41.9 Å². The van der Waals surface area contributed by atoms with Crippen molar-refractivity contribution >= 4 is 33.7 Å². The molecule has 13 heteroatoms. The monoisotopic (exact) mass is 568 g/mol. The number of ether oxygens (including phenoxy) is 1. The van der Waals surface area contributed by atoms with Crippen molar-refractivity contribution in [2.45, 2.75) is 12.4 Å². The van der Waals surface area contributed by atoms with E-state index < -0.39 is 23.5 Å². The first-order valence-electron chi connectivity index (χ1n) is 12.1. The molecule has 0 amide bonds. The summed E-state index contributed by atoms with van der Waals surface area (Å²) in [7, 11) is 1.73. The van der Waals surface area contributed by atoms with E-state index in [0.717, 1.165) is 24.3 Å². The van der Waals surface area contributed by atoms with Gasteiger partial charge in [-0.25, -0.2) is 9.97 Å². The van der Waals surface area contributed by atoms with E-state index in [9.17, 15) is 26.3 Å². The summed E-state index contributed by atoms with van der Waals surface area (Å²) in [5.41, 5.74) is 0.854. The van der Waals surface area contributed by atoms with Crippen molar-refractivity contribution < 1.29 is 31.1 Å². The summed E-state index contributed by atoms with van der Waals surface area (Å²) in [4.78, 5) is 16.0. The highest BCUT2D eigenvalue weighted by Gasteiger charge is 2.31. The van der Waals surface area contributed by atoms with Crippen LogP contribution in [0.3, 0.4) is 0 Å². The van der Waals surface area contributed by atoms with Crippen LogP contribution in [-0.4, -0.2) is 24.5 Å². The fraction of sp³-hybridized carbons (Fsp3) is 0.107. The number of nitrogens with zero attached hydrogens (tertiary/aromatic N) is 4. The summed E-state index contributed by atoms with van der Waals surface area (Å²) < 4.78 is 86.2. The van der Waals surface area contributed by atoms with Crippen molar-refractivity contribution in [1.82, 2.24) is 24.5 Å². The fourth-order valence-electron chi connectivity index (χ4n) is 4.30. The first-order valence-corrected chi connectivity index (χ1v) is 12.1. The Balaban J connectivity index is 1.24. The summed E-state index contributed by atoms with van der Waals surface area (Å²) >= 11 is 0. The largest absolute Gasteiger partial charge is 0.457 e. The molecule has 6 aromatic rings. The van der Waals surface area contributed by atoms with E-state index in [1.165, 1.54) is 24.4 Å². The van der Waals surface area contributed by atoms with Crippen LogP contribution in [0.2, 0.25) is 0 Å². The summed E-state index contributed by atoms with van der Waals surface area (Å²) in [5, 5.41) is 2.92. The van der Waals surface area contributed by atoms with Gasteiger partial charge in [0.25, 0.3) is 0 Å². The molecule has 0 bridgehead atoms. The third-order valence-corrected chi connectivity index (χ3v) is 6.32. The minimum atomic E-state index is -4.48. The normalized spacial score (nSPS) is 12.3. The Morgan fingerprint density at radius 2 is 1.54 bits per heavy atom. The predicted molar refractivity (Wildman–Crippen MR) is 140 cm³/mol. The molecule has 0 radical (unpaired) electrons. The quantitative estimate of drug-likeness (QED) is 0.206. The lowest BCUT2D eigenvalue weighted by molar-refractivity contribution is -0.138. The van der Waals surface area contributed by atoms with Gasteiger partial charge in [0.15, 0.2) is 5.82 Å². The molecular weight excluding hydrogens is 550 g/mol. The molecule has 0 saturated heterocycles. The number of benzene rings is 3. The maximum absolute atomic E-state index is 13.1. The number of pyridine rings is 1. The van der Waals surface area contributed by atoms with Crippen molar-refractivity contribution in [3.8, 4) is 23.0 Å². The van der Waals surface area contributed by atoms with Gasteiger partial charge in [-0.1, -0.05) is 6.07 Å². The number of anilines is 2. The van der Waals surface area contributed by atoms with Crippen LogP contribution in [0.4, 0.5) is 38.0 Å². The molecule has 0 fully saturated rings. The van der Waals surface area contributed by atoms with Crippen LogP contribution in [0.25, 0.3) is 33.6 Å². The molecule has 7 nitrogen and oxygen atoms in total. The zero-order chi connectivity index (χ0) is 28.9. The number of imidazole rings is 2. The van der Waals surface area contributed by atoms with E-state index in [1.807, 2.05) is 0 Å². The van der Waals surface area contributed by atoms with Gasteiger partial charge in [-0.2, -0.15) is 26.3 Å². The molecule has 0 spiro atoms. The second-order valence-corrected chi connectivity index (χ2v) is 9.14. The number of nitrogens with one attached hydrogen (secondary N) is 2. The van der Waals surface area contributed by atoms with E-state index in [4.69, 9.17) is 4.74 Å². The molecule has 3 aromatic heterocycles. The molecule has 2 N–H and O–H groups in total. The molecule has 41 heavy (non-hydrogen) atoms. The lowest BCUT2D eigenvalue weighted by Crippen LogP contribution is -2.06. The van der Waals surface area contributed by atoms with E-state index in [-0.39, 0.29) is 17.0 Å². The van der Waals surface area contributed by atoms with Crippen molar-refractivity contribution in [3.63, 3.8) is 0 Å². The number of aromatic amines is 1. The van der Waals surface area contributed by atoms with E-state index in [0.29, 0.717) is 39.7 Å². The van der Waals surface area contributed by atoms with Crippen molar-refractivity contribution in [1.29, 1.82) is 0 Å². The molecule has 0 aliphatic carbocycles. The van der Waals surface area contributed by atoms with Gasteiger partial charge in [0.2, 0.25) is 5.95 Å². The van der Waals surface area contributed by atoms with Gasteiger partial charge in [0, 0.05) is 31.1 Å². The Bertz CT molecular complexity index is 1910. The third kappa shape index (κ3) is 5.25. The SMILES string of the molecule is Cn1c(Nc2cccc(C(F)(F)F)c2)nc2cc(Oc3ccnc(-c4nc5ccc(C(F)(F)F)cc5[nH]4)c3)ccc21. The third-order valence-electron chi connectivity index (χ3n) is 6.32. The fourth-order valence-corrected chi connectivity index (χ4v) is 4.30. The number of halogens is 6. The van der Waals surface area contributed by atoms with Crippen LogP contribution in [-0.2, 0) is 19.4 Å². The van der Waals surface area contributed by atoms with Gasteiger partial charge in [-0.15, -0.1) is 0 Å². The van der Waals surface area contributed by atoms with Crippen LogP contribution >= 0.6 is 0 Å². The molecule has 0 unspecified atom stereocenters. The number of H-pyrrole nitrogens is 1. The van der Waals surface area contributed by atoms with Crippen LogP contribution < -0.4 is 10.1 Å². The van der Waals surface area contributed by atoms with Crippen molar-refractivity contribution in [2.24, 2.45) is 7.05 Å².